The first-order valence-electron chi connectivity index (χ1n) is 7.53. The summed E-state index contributed by atoms with van der Waals surface area (Å²) >= 11 is 0. The van der Waals surface area contributed by atoms with E-state index in [1.807, 2.05) is 0 Å². The Balaban J connectivity index is 2.10. The Kier molecular flexibility index (Phi) is 6.02. The minimum Gasteiger partial charge on any atom is -0.497 e. The zero-order chi connectivity index (χ0) is 19.2. The number of nitriles is 1. The van der Waals surface area contributed by atoms with Crippen molar-refractivity contribution in [3.8, 4) is 11.8 Å². The van der Waals surface area contributed by atoms with E-state index in [-0.39, 0.29) is 17.7 Å². The number of carbonyl (C=O) groups is 1. The molecule has 0 saturated carbocycles. The van der Waals surface area contributed by atoms with Gasteiger partial charge in [0.2, 0.25) is 0 Å². The minimum absolute atomic E-state index is 0.121. The van der Waals surface area contributed by atoms with Gasteiger partial charge in [0.05, 0.1) is 12.7 Å². The van der Waals surface area contributed by atoms with E-state index < -0.39 is 17.6 Å². The second-order valence-corrected chi connectivity index (χ2v) is 5.32. The number of amides is 1. The second-order valence-electron chi connectivity index (χ2n) is 5.32. The van der Waals surface area contributed by atoms with Crippen molar-refractivity contribution in [3.63, 3.8) is 0 Å². The third kappa shape index (κ3) is 5.11. The van der Waals surface area contributed by atoms with Crippen molar-refractivity contribution in [1.82, 2.24) is 5.32 Å². The lowest BCUT2D eigenvalue weighted by Gasteiger charge is -2.08. The van der Waals surface area contributed by atoms with Gasteiger partial charge in [-0.2, -0.15) is 18.4 Å². The van der Waals surface area contributed by atoms with Crippen LogP contribution in [0.2, 0.25) is 0 Å². The van der Waals surface area contributed by atoms with Crippen molar-refractivity contribution in [3.05, 3.63) is 70.8 Å². The molecule has 0 unspecified atom stereocenters. The fourth-order valence-corrected chi connectivity index (χ4v) is 2.14. The van der Waals surface area contributed by atoms with E-state index in [9.17, 15) is 18.0 Å². The maximum absolute atomic E-state index is 12.7. The molecule has 0 spiro atoms. The Morgan fingerprint density at radius 3 is 2.50 bits per heavy atom. The van der Waals surface area contributed by atoms with Crippen LogP contribution in [0.5, 0.6) is 5.75 Å². The minimum atomic E-state index is -4.49. The molecule has 2 aromatic carbocycles. The summed E-state index contributed by atoms with van der Waals surface area (Å²) in [6.45, 7) is 0.171. The van der Waals surface area contributed by atoms with E-state index in [2.05, 4.69) is 5.32 Å². The average Bonchev–Trinajstić information content (AvgIpc) is 2.64. The molecular weight excluding hydrogens is 345 g/mol. The molecule has 2 aromatic rings. The number of alkyl halides is 3. The predicted octanol–water partition coefficient (Wildman–Crippen LogP) is 3.94. The Bertz CT molecular complexity index is 850. The standard InChI is InChI=1S/C19H15F3N2O2/c1-26-17-7-5-13(6-8-17)12-24-18(25)15(11-23)9-14-3-2-4-16(10-14)19(20,21)22/h2-10H,12H2,1H3,(H,24,25)/b15-9-. The number of ether oxygens (including phenoxy) is 1. The van der Waals surface area contributed by atoms with Crippen LogP contribution >= 0.6 is 0 Å². The molecule has 0 aliphatic carbocycles. The molecule has 0 aromatic heterocycles. The summed E-state index contributed by atoms with van der Waals surface area (Å²) in [5.74, 6) is 0.00274. The van der Waals surface area contributed by atoms with Gasteiger partial charge in [0.25, 0.3) is 5.91 Å². The van der Waals surface area contributed by atoms with Gasteiger partial charge < -0.3 is 10.1 Å². The molecule has 0 aliphatic rings. The van der Waals surface area contributed by atoms with E-state index in [4.69, 9.17) is 10.00 Å². The lowest BCUT2D eigenvalue weighted by molar-refractivity contribution is -0.137. The molecule has 4 nitrogen and oxygen atoms in total. The number of halogens is 3. The average molecular weight is 360 g/mol. The number of hydrogen-bond acceptors (Lipinski definition) is 3. The summed E-state index contributed by atoms with van der Waals surface area (Å²) in [5.41, 5.74) is -0.216. The molecule has 2 rings (SSSR count). The van der Waals surface area contributed by atoms with Gasteiger partial charge in [-0.1, -0.05) is 24.3 Å². The molecule has 1 amide bonds. The number of nitrogens with zero attached hydrogens (tertiary/aromatic N) is 1. The molecule has 26 heavy (non-hydrogen) atoms. The molecule has 1 N–H and O–H groups in total. The number of nitrogens with one attached hydrogen (secondary N) is 1. The van der Waals surface area contributed by atoms with Crippen molar-refractivity contribution in [2.45, 2.75) is 12.7 Å². The predicted molar refractivity (Wildman–Crippen MR) is 89.9 cm³/mol. The van der Waals surface area contributed by atoms with Crippen molar-refractivity contribution in [2.24, 2.45) is 0 Å². The number of carbonyl (C=O) groups excluding carboxylic acids is 1. The summed E-state index contributed by atoms with van der Waals surface area (Å²) in [5, 5.41) is 11.7. The Hall–Kier alpha value is -3.27. The zero-order valence-corrected chi connectivity index (χ0v) is 13.8. The molecule has 0 atom stereocenters. The first-order chi connectivity index (χ1) is 12.3. The van der Waals surface area contributed by atoms with E-state index >= 15 is 0 Å². The lowest BCUT2D eigenvalue weighted by atomic mass is 10.1. The molecule has 0 fully saturated rings. The third-order valence-corrected chi connectivity index (χ3v) is 3.50. The van der Waals surface area contributed by atoms with Gasteiger partial charge >= 0.3 is 6.18 Å². The highest BCUT2D eigenvalue weighted by molar-refractivity contribution is 6.01. The maximum atomic E-state index is 12.7. The highest BCUT2D eigenvalue weighted by Crippen LogP contribution is 2.29. The van der Waals surface area contributed by atoms with Gasteiger partial charge in [-0.3, -0.25) is 4.79 Å². The summed E-state index contributed by atoms with van der Waals surface area (Å²) in [6, 6.07) is 13.1. The van der Waals surface area contributed by atoms with Crippen LogP contribution in [-0.2, 0) is 17.5 Å². The largest absolute Gasteiger partial charge is 0.497 e. The van der Waals surface area contributed by atoms with Crippen LogP contribution in [0.25, 0.3) is 6.08 Å². The zero-order valence-electron chi connectivity index (χ0n) is 13.8. The van der Waals surface area contributed by atoms with E-state index in [1.165, 1.54) is 19.2 Å². The van der Waals surface area contributed by atoms with E-state index in [1.54, 1.807) is 30.3 Å². The third-order valence-electron chi connectivity index (χ3n) is 3.50. The van der Waals surface area contributed by atoms with Gasteiger partial charge in [-0.25, -0.2) is 0 Å². The molecular formula is C19H15F3N2O2. The monoisotopic (exact) mass is 360 g/mol. The molecule has 0 radical (unpaired) electrons. The highest BCUT2D eigenvalue weighted by Gasteiger charge is 2.30. The number of benzene rings is 2. The van der Waals surface area contributed by atoms with E-state index in [0.717, 1.165) is 23.8 Å². The summed E-state index contributed by atoms with van der Waals surface area (Å²) in [6.07, 6.45) is -3.37. The maximum Gasteiger partial charge on any atom is 0.416 e. The van der Waals surface area contributed by atoms with Crippen molar-refractivity contribution in [2.75, 3.05) is 7.11 Å². The van der Waals surface area contributed by atoms with Crippen LogP contribution in [0, 0.1) is 11.3 Å². The number of rotatable bonds is 5. The van der Waals surface area contributed by atoms with Crippen molar-refractivity contribution < 1.29 is 22.7 Å². The first-order valence-corrected chi connectivity index (χ1v) is 7.53. The molecule has 0 heterocycles. The van der Waals surface area contributed by atoms with Gasteiger partial charge in [-0.05, 0) is 41.5 Å². The first kappa shape index (κ1) is 19.1. The quantitative estimate of drug-likeness (QED) is 0.649. The van der Waals surface area contributed by atoms with Crippen LogP contribution in [0.15, 0.2) is 54.1 Å². The molecule has 0 bridgehead atoms. The summed E-state index contributed by atoms with van der Waals surface area (Å²) in [4.78, 5) is 12.1. The van der Waals surface area contributed by atoms with Gasteiger partial charge in [-0.15, -0.1) is 0 Å². The number of methoxy groups -OCH3 is 1. The second kappa shape index (κ2) is 8.21. The van der Waals surface area contributed by atoms with Crippen LogP contribution in [0.1, 0.15) is 16.7 Å². The van der Waals surface area contributed by atoms with Crippen LogP contribution in [0.3, 0.4) is 0 Å². The smallest absolute Gasteiger partial charge is 0.416 e. The molecule has 0 saturated heterocycles. The van der Waals surface area contributed by atoms with Gasteiger partial charge in [0.1, 0.15) is 17.4 Å². The fraction of sp³-hybridized carbons (Fsp3) is 0.158. The van der Waals surface area contributed by atoms with Crippen LogP contribution in [-0.4, -0.2) is 13.0 Å². The van der Waals surface area contributed by atoms with Crippen LogP contribution in [0.4, 0.5) is 13.2 Å². The summed E-state index contributed by atoms with van der Waals surface area (Å²) in [7, 11) is 1.54. The van der Waals surface area contributed by atoms with E-state index in [0.29, 0.717) is 5.75 Å². The van der Waals surface area contributed by atoms with Crippen molar-refractivity contribution in [1.29, 1.82) is 5.26 Å². The number of hydrogen-bond donors (Lipinski definition) is 1. The topological polar surface area (TPSA) is 62.1 Å². The van der Waals surface area contributed by atoms with Crippen LogP contribution < -0.4 is 10.1 Å². The normalized spacial score (nSPS) is 11.6. The molecule has 0 aliphatic heterocycles. The highest BCUT2D eigenvalue weighted by atomic mass is 19.4. The summed E-state index contributed by atoms with van der Waals surface area (Å²) < 4.78 is 43.2. The Morgan fingerprint density at radius 1 is 1.23 bits per heavy atom. The lowest BCUT2D eigenvalue weighted by Crippen LogP contribution is -2.23. The van der Waals surface area contributed by atoms with Gasteiger partial charge in [0, 0.05) is 6.54 Å². The molecule has 134 valence electrons. The fourth-order valence-electron chi connectivity index (χ4n) is 2.14. The molecule has 7 heteroatoms. The van der Waals surface area contributed by atoms with Crippen molar-refractivity contribution >= 4 is 12.0 Å². The van der Waals surface area contributed by atoms with Gasteiger partial charge in [0.15, 0.2) is 0 Å². The SMILES string of the molecule is COc1ccc(CNC(=O)/C(C#N)=C\c2cccc(C(F)(F)F)c2)cc1. The Morgan fingerprint density at radius 2 is 1.92 bits per heavy atom. The Labute approximate surface area is 148 Å².